The quantitative estimate of drug-likeness (QED) is 0.606. The van der Waals surface area contributed by atoms with Gasteiger partial charge in [-0.3, -0.25) is 9.89 Å². The van der Waals surface area contributed by atoms with E-state index in [1.807, 2.05) is 0 Å². The highest BCUT2D eigenvalue weighted by Gasteiger charge is 2.22. The van der Waals surface area contributed by atoms with Gasteiger partial charge in [-0.05, 0) is 51.8 Å². The van der Waals surface area contributed by atoms with Crippen molar-refractivity contribution in [2.75, 3.05) is 39.8 Å². The minimum atomic E-state index is 0.529. The number of guanidine groups is 1. The van der Waals surface area contributed by atoms with Gasteiger partial charge in [0.2, 0.25) is 0 Å². The van der Waals surface area contributed by atoms with Gasteiger partial charge < -0.3 is 15.5 Å². The Labute approximate surface area is 158 Å². The van der Waals surface area contributed by atoms with Crippen LogP contribution in [-0.2, 0) is 6.54 Å². The first-order valence-corrected chi connectivity index (χ1v) is 10.3. The first-order valence-electron chi connectivity index (χ1n) is 10.3. The van der Waals surface area contributed by atoms with Gasteiger partial charge in [0.15, 0.2) is 5.96 Å². The van der Waals surface area contributed by atoms with E-state index in [1.165, 1.54) is 37.8 Å². The maximum absolute atomic E-state index is 4.87. The van der Waals surface area contributed by atoms with E-state index in [4.69, 9.17) is 4.99 Å². The molecule has 1 atom stereocenters. The van der Waals surface area contributed by atoms with Crippen molar-refractivity contribution in [3.63, 3.8) is 0 Å². The number of benzene rings is 1. The molecular weight excluding hydrogens is 322 g/mol. The molecule has 2 fully saturated rings. The molecule has 2 aliphatic rings. The molecule has 144 valence electrons. The lowest BCUT2D eigenvalue weighted by atomic mass is 10.0. The molecule has 26 heavy (non-hydrogen) atoms. The van der Waals surface area contributed by atoms with Gasteiger partial charge >= 0.3 is 0 Å². The van der Waals surface area contributed by atoms with Gasteiger partial charge in [0, 0.05) is 38.3 Å². The Morgan fingerprint density at radius 2 is 1.88 bits per heavy atom. The Kier molecular flexibility index (Phi) is 7.32. The number of nitrogens with zero attached hydrogens (tertiary/aromatic N) is 3. The van der Waals surface area contributed by atoms with E-state index in [1.54, 1.807) is 0 Å². The van der Waals surface area contributed by atoms with Gasteiger partial charge in [-0.1, -0.05) is 30.3 Å². The summed E-state index contributed by atoms with van der Waals surface area (Å²) in [5.41, 5.74) is 1.41. The standard InChI is InChI=1S/C21H35N5/c1-3-22-21(23-16-20-10-7-13-25(20)2)24-19-11-14-26(15-12-19)17-18-8-5-4-6-9-18/h4-6,8-9,19-20H,3,7,10-17H2,1-2H3,(H2,22,23,24). The molecule has 5 nitrogen and oxygen atoms in total. The molecule has 0 spiro atoms. The summed E-state index contributed by atoms with van der Waals surface area (Å²) in [5, 5.41) is 7.10. The molecule has 0 bridgehead atoms. The molecule has 1 unspecified atom stereocenters. The molecule has 3 rings (SSSR count). The third-order valence-corrected chi connectivity index (χ3v) is 5.65. The average molecular weight is 358 g/mol. The van der Waals surface area contributed by atoms with Crippen LogP contribution in [0.1, 0.15) is 38.2 Å². The highest BCUT2D eigenvalue weighted by Crippen LogP contribution is 2.15. The van der Waals surface area contributed by atoms with E-state index in [9.17, 15) is 0 Å². The summed E-state index contributed by atoms with van der Waals surface area (Å²) in [7, 11) is 2.22. The predicted octanol–water partition coefficient (Wildman–Crippen LogP) is 2.30. The van der Waals surface area contributed by atoms with Gasteiger partial charge in [-0.15, -0.1) is 0 Å². The van der Waals surface area contributed by atoms with Crippen LogP contribution < -0.4 is 10.6 Å². The number of hydrogen-bond donors (Lipinski definition) is 2. The monoisotopic (exact) mass is 357 g/mol. The number of hydrogen-bond acceptors (Lipinski definition) is 3. The molecule has 2 saturated heterocycles. The van der Waals surface area contributed by atoms with Crippen molar-refractivity contribution in [3.8, 4) is 0 Å². The maximum atomic E-state index is 4.87. The highest BCUT2D eigenvalue weighted by atomic mass is 15.2. The van der Waals surface area contributed by atoms with Crippen LogP contribution >= 0.6 is 0 Å². The van der Waals surface area contributed by atoms with E-state index >= 15 is 0 Å². The predicted molar refractivity (Wildman–Crippen MR) is 110 cm³/mol. The first-order chi connectivity index (χ1) is 12.7. The number of rotatable bonds is 6. The molecule has 1 aromatic rings. The largest absolute Gasteiger partial charge is 0.357 e. The SMILES string of the molecule is CCNC(=NCC1CCCN1C)NC1CCN(Cc2ccccc2)CC1. The normalized spacial score (nSPS) is 23.3. The minimum Gasteiger partial charge on any atom is -0.357 e. The van der Waals surface area contributed by atoms with Crippen LogP contribution in [0, 0.1) is 0 Å². The fraction of sp³-hybridized carbons (Fsp3) is 0.667. The van der Waals surface area contributed by atoms with Crippen molar-refractivity contribution >= 4 is 5.96 Å². The van der Waals surface area contributed by atoms with Crippen LogP contribution in [0.5, 0.6) is 0 Å². The van der Waals surface area contributed by atoms with E-state index in [-0.39, 0.29) is 0 Å². The average Bonchev–Trinajstić information content (AvgIpc) is 3.07. The van der Waals surface area contributed by atoms with Crippen molar-refractivity contribution in [2.24, 2.45) is 4.99 Å². The molecule has 1 aromatic carbocycles. The molecule has 2 aliphatic heterocycles. The van der Waals surface area contributed by atoms with Crippen LogP contribution in [0.3, 0.4) is 0 Å². The second kappa shape index (κ2) is 9.93. The minimum absolute atomic E-state index is 0.529. The van der Waals surface area contributed by atoms with Crippen LogP contribution in [0.25, 0.3) is 0 Å². The Bertz CT molecular complexity index is 551. The summed E-state index contributed by atoms with van der Waals surface area (Å²) >= 11 is 0. The van der Waals surface area contributed by atoms with Crippen molar-refractivity contribution in [1.82, 2.24) is 20.4 Å². The highest BCUT2D eigenvalue weighted by molar-refractivity contribution is 5.80. The number of likely N-dealkylation sites (tertiary alicyclic amines) is 2. The summed E-state index contributed by atoms with van der Waals surface area (Å²) in [6, 6.07) is 11.9. The van der Waals surface area contributed by atoms with Crippen LogP contribution in [0.2, 0.25) is 0 Å². The Balaban J connectivity index is 1.45. The first kappa shape index (κ1) is 19.2. The molecular formula is C21H35N5. The van der Waals surface area contributed by atoms with Crippen molar-refractivity contribution in [3.05, 3.63) is 35.9 Å². The summed E-state index contributed by atoms with van der Waals surface area (Å²) in [5.74, 6) is 0.995. The van der Waals surface area contributed by atoms with E-state index in [2.05, 4.69) is 64.7 Å². The molecule has 0 aliphatic carbocycles. The number of aliphatic imine (C=N–C) groups is 1. The lowest BCUT2D eigenvalue weighted by Gasteiger charge is -2.33. The molecule has 5 heteroatoms. The molecule has 2 heterocycles. The van der Waals surface area contributed by atoms with Crippen LogP contribution in [0.4, 0.5) is 0 Å². The lowest BCUT2D eigenvalue weighted by Crippen LogP contribution is -2.48. The Morgan fingerprint density at radius 3 is 2.54 bits per heavy atom. The number of likely N-dealkylation sites (N-methyl/N-ethyl adjacent to an activating group) is 1. The third kappa shape index (κ3) is 5.71. The molecule has 0 radical (unpaired) electrons. The van der Waals surface area contributed by atoms with E-state index < -0.39 is 0 Å². The van der Waals surface area contributed by atoms with Crippen molar-refractivity contribution in [2.45, 2.75) is 51.2 Å². The summed E-state index contributed by atoms with van der Waals surface area (Å²) in [4.78, 5) is 9.87. The van der Waals surface area contributed by atoms with E-state index in [0.29, 0.717) is 12.1 Å². The zero-order valence-electron chi connectivity index (χ0n) is 16.5. The summed E-state index contributed by atoms with van der Waals surface area (Å²) in [6.45, 7) is 8.54. The summed E-state index contributed by atoms with van der Waals surface area (Å²) in [6.07, 6.45) is 4.94. The van der Waals surface area contributed by atoms with Crippen LogP contribution in [0.15, 0.2) is 35.3 Å². The lowest BCUT2D eigenvalue weighted by molar-refractivity contribution is 0.198. The zero-order valence-corrected chi connectivity index (χ0v) is 16.5. The van der Waals surface area contributed by atoms with Gasteiger partial charge in [-0.2, -0.15) is 0 Å². The second-order valence-corrected chi connectivity index (χ2v) is 7.68. The number of nitrogens with one attached hydrogen (secondary N) is 2. The third-order valence-electron chi connectivity index (χ3n) is 5.65. The molecule has 0 saturated carbocycles. The topological polar surface area (TPSA) is 42.9 Å². The van der Waals surface area contributed by atoms with Gasteiger partial charge in [-0.25, -0.2) is 0 Å². The van der Waals surface area contributed by atoms with Crippen molar-refractivity contribution < 1.29 is 0 Å². The molecule has 0 aromatic heterocycles. The maximum Gasteiger partial charge on any atom is 0.191 e. The van der Waals surface area contributed by atoms with Gasteiger partial charge in [0.05, 0.1) is 6.54 Å². The smallest absolute Gasteiger partial charge is 0.191 e. The van der Waals surface area contributed by atoms with Crippen molar-refractivity contribution in [1.29, 1.82) is 0 Å². The number of piperidine rings is 1. The Hall–Kier alpha value is -1.59. The fourth-order valence-electron chi connectivity index (χ4n) is 4.00. The van der Waals surface area contributed by atoms with Gasteiger partial charge in [0.25, 0.3) is 0 Å². The second-order valence-electron chi connectivity index (χ2n) is 7.68. The zero-order chi connectivity index (χ0) is 18.2. The van der Waals surface area contributed by atoms with Gasteiger partial charge in [0.1, 0.15) is 0 Å². The van der Waals surface area contributed by atoms with Crippen LogP contribution in [-0.4, -0.2) is 67.6 Å². The van der Waals surface area contributed by atoms with E-state index in [0.717, 1.165) is 38.7 Å². The summed E-state index contributed by atoms with van der Waals surface area (Å²) < 4.78 is 0. The molecule has 2 N–H and O–H groups in total. The Morgan fingerprint density at radius 1 is 1.12 bits per heavy atom. The fourth-order valence-corrected chi connectivity index (χ4v) is 4.00. The molecule has 0 amide bonds.